The van der Waals surface area contributed by atoms with Crippen molar-refractivity contribution in [2.24, 2.45) is 52.8 Å². The average Bonchev–Trinajstić information content (AvgIpc) is 3.13. The minimum absolute atomic E-state index is 0.451. The van der Waals surface area contributed by atoms with Crippen LogP contribution in [0.25, 0.3) is 0 Å². The molecule has 0 N–H and O–H groups in total. The Morgan fingerprint density at radius 1 is 0.862 bits per heavy atom. The van der Waals surface area contributed by atoms with Gasteiger partial charge in [-0.2, -0.15) is 11.8 Å². The van der Waals surface area contributed by atoms with Gasteiger partial charge in [0, 0.05) is 6.42 Å². The number of allylic oxidation sites excluding steroid dienone is 2. The summed E-state index contributed by atoms with van der Waals surface area (Å²) in [4.78, 5) is 13.0. The second kappa shape index (κ2) is 7.72. The molecule has 0 aromatic carbocycles. The summed E-state index contributed by atoms with van der Waals surface area (Å²) in [5.41, 5.74) is 0.451. The molecule has 7 atom stereocenters. The maximum absolute atomic E-state index is 13.0. The molecule has 0 amide bonds. The normalized spacial score (nSPS) is 49.8. The monoisotopic (exact) mass is 412 g/mol. The molecule has 0 aliphatic heterocycles. The molecule has 1 nitrogen and oxygen atoms in total. The van der Waals surface area contributed by atoms with Crippen LogP contribution < -0.4 is 0 Å². The Hall–Kier alpha value is -0.240. The second-order valence-electron chi connectivity index (χ2n) is 12.2. The van der Waals surface area contributed by atoms with Crippen LogP contribution in [0.4, 0.5) is 0 Å². The average molecular weight is 413 g/mol. The van der Waals surface area contributed by atoms with Gasteiger partial charge in [-0.05, 0) is 116 Å². The summed E-state index contributed by atoms with van der Waals surface area (Å²) in [6.07, 6.45) is 23.1. The van der Waals surface area contributed by atoms with Crippen LogP contribution in [0.1, 0.15) is 83.5 Å². The lowest BCUT2D eigenvalue weighted by Crippen LogP contribution is -2.43. The van der Waals surface area contributed by atoms with Crippen molar-refractivity contribution in [3.8, 4) is 0 Å². The number of hydrogen-bond donors (Lipinski definition) is 0. The van der Waals surface area contributed by atoms with Crippen LogP contribution in [-0.2, 0) is 4.79 Å². The molecule has 4 bridgehead atoms. The van der Waals surface area contributed by atoms with Crippen molar-refractivity contribution in [2.75, 3.05) is 11.5 Å². The number of rotatable bonds is 6. The molecule has 0 saturated heterocycles. The molecule has 7 aliphatic rings. The van der Waals surface area contributed by atoms with E-state index in [0.29, 0.717) is 11.2 Å². The van der Waals surface area contributed by atoms with Crippen LogP contribution in [0, 0.1) is 52.8 Å². The second-order valence-corrected chi connectivity index (χ2v) is 13.2. The number of carbonyl (C=O) groups is 1. The van der Waals surface area contributed by atoms with Gasteiger partial charge in [-0.25, -0.2) is 0 Å². The van der Waals surface area contributed by atoms with Crippen LogP contribution in [0.15, 0.2) is 12.2 Å². The maximum atomic E-state index is 13.0. The topological polar surface area (TPSA) is 17.1 Å². The fourth-order valence-electron chi connectivity index (χ4n) is 9.71. The number of hydrogen-bond acceptors (Lipinski definition) is 2. The summed E-state index contributed by atoms with van der Waals surface area (Å²) in [5, 5.41) is 0. The fraction of sp³-hybridized carbons (Fsp3) is 0.889. The predicted molar refractivity (Wildman–Crippen MR) is 122 cm³/mol. The van der Waals surface area contributed by atoms with Crippen LogP contribution in [-0.4, -0.2) is 17.3 Å². The van der Waals surface area contributed by atoms with Gasteiger partial charge in [0.25, 0.3) is 0 Å². The van der Waals surface area contributed by atoms with E-state index in [0.717, 1.165) is 59.5 Å². The number of ketones is 1. The molecule has 160 valence electrons. The van der Waals surface area contributed by atoms with Gasteiger partial charge < -0.3 is 0 Å². The van der Waals surface area contributed by atoms with Crippen LogP contribution in [0.3, 0.4) is 0 Å². The Kier molecular flexibility index (Phi) is 5.17. The van der Waals surface area contributed by atoms with Gasteiger partial charge in [0.05, 0.1) is 5.75 Å². The number of thioether (sulfide) groups is 1. The first-order valence-electron chi connectivity index (χ1n) is 12.9. The molecule has 29 heavy (non-hydrogen) atoms. The van der Waals surface area contributed by atoms with Gasteiger partial charge in [-0.15, -0.1) is 0 Å². The quantitative estimate of drug-likeness (QED) is 0.441. The molecule has 2 heteroatoms. The van der Waals surface area contributed by atoms with E-state index >= 15 is 0 Å². The molecule has 6 fully saturated rings. The first-order chi connectivity index (χ1) is 14.2. The smallest absolute Gasteiger partial charge is 0.143 e. The molecular weight excluding hydrogens is 372 g/mol. The predicted octanol–water partition coefficient (Wildman–Crippen LogP) is 6.91. The van der Waals surface area contributed by atoms with Crippen molar-refractivity contribution >= 4 is 17.5 Å². The van der Waals surface area contributed by atoms with E-state index in [1.165, 1.54) is 82.8 Å². The third-order valence-electron chi connectivity index (χ3n) is 10.5. The Balaban J connectivity index is 1.06. The van der Waals surface area contributed by atoms with Gasteiger partial charge in [0.2, 0.25) is 0 Å². The zero-order valence-electron chi connectivity index (χ0n) is 18.2. The lowest BCUT2D eigenvalue weighted by molar-refractivity contribution is -0.119. The Morgan fingerprint density at radius 3 is 2.48 bits per heavy atom. The van der Waals surface area contributed by atoms with Gasteiger partial charge >= 0.3 is 0 Å². The lowest BCUT2D eigenvalue weighted by atomic mass is 9.56. The zero-order chi connectivity index (χ0) is 19.4. The van der Waals surface area contributed by atoms with Gasteiger partial charge in [0.1, 0.15) is 5.78 Å². The molecule has 0 radical (unpaired) electrons. The Labute approximate surface area is 182 Å². The van der Waals surface area contributed by atoms with Crippen molar-refractivity contribution in [2.45, 2.75) is 83.5 Å². The van der Waals surface area contributed by atoms with Crippen molar-refractivity contribution in [3.63, 3.8) is 0 Å². The summed E-state index contributed by atoms with van der Waals surface area (Å²) >= 11 is 2.03. The van der Waals surface area contributed by atoms with Crippen molar-refractivity contribution in [1.29, 1.82) is 0 Å². The SMILES string of the molecule is O=C(CSCC1C2CCCC[C@@H]2CC2CC=CC[C@@H]21)CC12CC3CC(C1)C(C3)C2. The van der Waals surface area contributed by atoms with Crippen molar-refractivity contribution in [1.82, 2.24) is 0 Å². The van der Waals surface area contributed by atoms with Crippen LogP contribution >= 0.6 is 11.8 Å². The van der Waals surface area contributed by atoms with E-state index in [1.54, 1.807) is 0 Å². The van der Waals surface area contributed by atoms with Gasteiger partial charge in [0.15, 0.2) is 0 Å². The van der Waals surface area contributed by atoms with Gasteiger partial charge in [-0.1, -0.05) is 31.4 Å². The van der Waals surface area contributed by atoms with E-state index in [1.807, 2.05) is 11.8 Å². The number of fused-ring (bicyclic) bond motifs is 2. The molecule has 7 aliphatic carbocycles. The highest BCUT2D eigenvalue weighted by atomic mass is 32.2. The number of carbonyl (C=O) groups excluding carboxylic acids is 1. The molecule has 0 aromatic rings. The van der Waals surface area contributed by atoms with E-state index in [2.05, 4.69) is 12.2 Å². The molecule has 7 rings (SSSR count). The van der Waals surface area contributed by atoms with E-state index in [4.69, 9.17) is 0 Å². The first-order valence-corrected chi connectivity index (χ1v) is 14.1. The Bertz CT molecular complexity index is 648. The molecule has 0 spiro atoms. The number of Topliss-reactive ketones (excluding diaryl/α,β-unsaturated/α-hetero) is 1. The lowest BCUT2D eigenvalue weighted by Gasteiger charge is -2.50. The molecular formula is C27H40OS. The highest BCUT2D eigenvalue weighted by Crippen LogP contribution is 2.65. The third kappa shape index (κ3) is 3.58. The molecule has 6 saturated carbocycles. The van der Waals surface area contributed by atoms with Gasteiger partial charge in [-0.3, -0.25) is 4.79 Å². The molecule has 0 heterocycles. The molecule has 5 unspecified atom stereocenters. The third-order valence-corrected chi connectivity index (χ3v) is 11.6. The van der Waals surface area contributed by atoms with Crippen LogP contribution in [0.5, 0.6) is 0 Å². The fourth-order valence-corrected chi connectivity index (χ4v) is 10.9. The van der Waals surface area contributed by atoms with Crippen molar-refractivity contribution < 1.29 is 4.79 Å². The highest BCUT2D eigenvalue weighted by Gasteiger charge is 2.56. The maximum Gasteiger partial charge on any atom is 0.143 e. The standard InChI is InChI=1S/C27H40OS/c28-23(15-27-12-18-9-21(13-27)22(10-18)14-27)16-29-17-26-24-7-3-1-5-19(24)11-20-6-2-4-8-25(20)26/h1,3,18-22,24-26H,2,4-17H2/t18?,19?,20-,21?,22?,24+,25?,26?,27?/m1/s1. The minimum atomic E-state index is 0.451. The summed E-state index contributed by atoms with van der Waals surface area (Å²) in [6, 6.07) is 0. The summed E-state index contributed by atoms with van der Waals surface area (Å²) < 4.78 is 0. The minimum Gasteiger partial charge on any atom is -0.299 e. The van der Waals surface area contributed by atoms with Crippen LogP contribution in [0.2, 0.25) is 0 Å². The summed E-state index contributed by atoms with van der Waals surface area (Å²) in [5.74, 6) is 10.4. The first kappa shape index (κ1) is 19.4. The zero-order valence-corrected chi connectivity index (χ0v) is 19.0. The Morgan fingerprint density at radius 2 is 1.66 bits per heavy atom. The summed E-state index contributed by atoms with van der Waals surface area (Å²) in [7, 11) is 0. The van der Waals surface area contributed by atoms with E-state index < -0.39 is 0 Å². The van der Waals surface area contributed by atoms with E-state index in [-0.39, 0.29) is 0 Å². The highest BCUT2D eigenvalue weighted by molar-refractivity contribution is 7.99. The van der Waals surface area contributed by atoms with E-state index in [9.17, 15) is 4.79 Å². The van der Waals surface area contributed by atoms with Crippen molar-refractivity contribution in [3.05, 3.63) is 12.2 Å². The largest absolute Gasteiger partial charge is 0.299 e. The summed E-state index contributed by atoms with van der Waals surface area (Å²) in [6.45, 7) is 0. The molecule has 0 aromatic heterocycles.